The van der Waals surface area contributed by atoms with Crippen molar-refractivity contribution in [2.75, 3.05) is 11.9 Å². The monoisotopic (exact) mass is 241 g/mol. The Morgan fingerprint density at radius 1 is 1.54 bits per heavy atom. The predicted molar refractivity (Wildman–Crippen MR) is 53.2 cm³/mol. The van der Waals surface area contributed by atoms with E-state index >= 15 is 0 Å². The van der Waals surface area contributed by atoms with E-state index in [0.29, 0.717) is 0 Å². The minimum absolute atomic E-state index is 0.0979. The zero-order valence-electron chi connectivity index (χ0n) is 6.84. The topological polar surface area (TPSA) is 38.3 Å². The van der Waals surface area contributed by atoms with E-state index in [1.165, 1.54) is 0 Å². The van der Waals surface area contributed by atoms with Crippen LogP contribution in [0.5, 0.6) is 5.75 Å². The number of halogens is 1. The van der Waals surface area contributed by atoms with Gasteiger partial charge in [-0.3, -0.25) is 4.79 Å². The normalized spacial score (nSPS) is 14.4. The van der Waals surface area contributed by atoms with E-state index in [4.69, 9.17) is 4.74 Å². The van der Waals surface area contributed by atoms with Gasteiger partial charge in [0.2, 0.25) is 0 Å². The Bertz CT molecular complexity index is 351. The molecule has 0 aromatic heterocycles. The summed E-state index contributed by atoms with van der Waals surface area (Å²) in [6.45, 7) is 0.112. The van der Waals surface area contributed by atoms with Crippen molar-refractivity contribution in [3.8, 4) is 5.75 Å². The summed E-state index contributed by atoms with van der Waals surface area (Å²) in [5.41, 5.74) is 1.87. The second kappa shape index (κ2) is 3.38. The highest BCUT2D eigenvalue weighted by atomic mass is 79.9. The summed E-state index contributed by atoms with van der Waals surface area (Å²) in [7, 11) is 0. The van der Waals surface area contributed by atoms with Crippen LogP contribution in [0, 0.1) is 0 Å². The highest BCUT2D eigenvalue weighted by Gasteiger charge is 2.15. The summed E-state index contributed by atoms with van der Waals surface area (Å²) in [5, 5.41) is 3.52. The van der Waals surface area contributed by atoms with Gasteiger partial charge in [-0.05, 0) is 17.7 Å². The summed E-state index contributed by atoms with van der Waals surface area (Å²) in [6.07, 6.45) is 0. The number of amides is 1. The van der Waals surface area contributed by atoms with E-state index in [-0.39, 0.29) is 12.5 Å². The number of hydrogen-bond acceptors (Lipinski definition) is 2. The molecule has 0 atom stereocenters. The molecule has 3 nitrogen and oxygen atoms in total. The van der Waals surface area contributed by atoms with Gasteiger partial charge in [-0.25, -0.2) is 0 Å². The summed E-state index contributed by atoms with van der Waals surface area (Å²) in [4.78, 5) is 11.0. The Kier molecular flexibility index (Phi) is 2.22. The van der Waals surface area contributed by atoms with Crippen molar-refractivity contribution in [1.29, 1.82) is 0 Å². The minimum Gasteiger partial charge on any atom is -0.482 e. The van der Waals surface area contributed by atoms with E-state index in [2.05, 4.69) is 21.2 Å². The summed E-state index contributed by atoms with van der Waals surface area (Å²) >= 11 is 3.35. The second-order valence-electron chi connectivity index (χ2n) is 2.80. The molecule has 0 bridgehead atoms. The molecule has 1 amide bonds. The maximum absolute atomic E-state index is 11.0. The van der Waals surface area contributed by atoms with Crippen LogP contribution in [0.25, 0.3) is 0 Å². The highest BCUT2D eigenvalue weighted by molar-refractivity contribution is 9.08. The van der Waals surface area contributed by atoms with Crippen molar-refractivity contribution in [3.05, 3.63) is 23.8 Å². The number of fused-ring (bicyclic) bond motifs is 1. The van der Waals surface area contributed by atoms with Gasteiger partial charge in [0.15, 0.2) is 6.61 Å². The third-order valence-corrected chi connectivity index (χ3v) is 2.48. The third kappa shape index (κ3) is 1.67. The van der Waals surface area contributed by atoms with Crippen LogP contribution in [0.2, 0.25) is 0 Å². The molecule has 1 N–H and O–H groups in total. The molecular weight excluding hydrogens is 234 g/mol. The minimum atomic E-state index is -0.0979. The lowest BCUT2D eigenvalue weighted by Crippen LogP contribution is -2.25. The number of nitrogens with one attached hydrogen (secondary N) is 1. The van der Waals surface area contributed by atoms with Crippen LogP contribution in [0.1, 0.15) is 5.56 Å². The number of benzene rings is 1. The third-order valence-electron chi connectivity index (χ3n) is 1.83. The van der Waals surface area contributed by atoms with Crippen molar-refractivity contribution in [3.63, 3.8) is 0 Å². The van der Waals surface area contributed by atoms with Gasteiger partial charge >= 0.3 is 0 Å². The number of rotatable bonds is 1. The molecule has 0 fully saturated rings. The molecule has 4 heteroatoms. The first kappa shape index (κ1) is 8.56. The fraction of sp³-hybridized carbons (Fsp3) is 0.222. The van der Waals surface area contributed by atoms with Crippen LogP contribution in [-0.4, -0.2) is 12.5 Å². The highest BCUT2D eigenvalue weighted by Crippen LogP contribution is 2.28. The fourth-order valence-corrected chi connectivity index (χ4v) is 1.56. The summed E-state index contributed by atoms with van der Waals surface area (Å²) in [6, 6.07) is 5.73. The van der Waals surface area contributed by atoms with Crippen molar-refractivity contribution >= 4 is 27.5 Å². The number of alkyl halides is 1. The molecular formula is C9H8BrNO2. The van der Waals surface area contributed by atoms with Crippen LogP contribution in [-0.2, 0) is 10.1 Å². The Morgan fingerprint density at radius 3 is 3.15 bits per heavy atom. The van der Waals surface area contributed by atoms with Crippen LogP contribution in [0.4, 0.5) is 5.69 Å². The average molecular weight is 242 g/mol. The lowest BCUT2D eigenvalue weighted by atomic mass is 10.2. The van der Waals surface area contributed by atoms with E-state index in [1.807, 2.05) is 18.2 Å². The lowest BCUT2D eigenvalue weighted by molar-refractivity contribution is -0.118. The Labute approximate surface area is 84.2 Å². The first-order chi connectivity index (χ1) is 6.29. The first-order valence-corrected chi connectivity index (χ1v) is 5.03. The number of hydrogen-bond donors (Lipinski definition) is 1. The smallest absolute Gasteiger partial charge is 0.262 e. The van der Waals surface area contributed by atoms with Crippen LogP contribution >= 0.6 is 15.9 Å². The average Bonchev–Trinajstić information content (AvgIpc) is 2.16. The van der Waals surface area contributed by atoms with E-state index in [0.717, 1.165) is 22.3 Å². The molecule has 1 aliphatic rings. The zero-order chi connectivity index (χ0) is 9.26. The Hall–Kier alpha value is -1.03. The molecule has 2 rings (SSSR count). The maximum Gasteiger partial charge on any atom is 0.262 e. The van der Waals surface area contributed by atoms with Gasteiger partial charge in [-0.15, -0.1) is 0 Å². The van der Waals surface area contributed by atoms with E-state index in [9.17, 15) is 4.79 Å². The molecule has 0 saturated carbocycles. The maximum atomic E-state index is 11.0. The zero-order valence-corrected chi connectivity index (χ0v) is 8.43. The molecule has 0 aliphatic carbocycles. The predicted octanol–water partition coefficient (Wildman–Crippen LogP) is 1.91. The molecule has 0 radical (unpaired) electrons. The molecule has 0 saturated heterocycles. The molecule has 13 heavy (non-hydrogen) atoms. The molecule has 1 heterocycles. The van der Waals surface area contributed by atoms with Crippen LogP contribution in [0.15, 0.2) is 18.2 Å². The largest absolute Gasteiger partial charge is 0.482 e. The first-order valence-electron chi connectivity index (χ1n) is 3.91. The Morgan fingerprint density at radius 2 is 2.38 bits per heavy atom. The lowest BCUT2D eigenvalue weighted by Gasteiger charge is -2.18. The van der Waals surface area contributed by atoms with Crippen molar-refractivity contribution < 1.29 is 9.53 Å². The molecule has 68 valence electrons. The van der Waals surface area contributed by atoms with Crippen LogP contribution in [0.3, 0.4) is 0 Å². The van der Waals surface area contributed by atoms with Crippen LogP contribution < -0.4 is 10.1 Å². The summed E-state index contributed by atoms with van der Waals surface area (Å²) in [5.74, 6) is 0.642. The number of carbonyl (C=O) groups excluding carboxylic acids is 1. The van der Waals surface area contributed by atoms with Gasteiger partial charge in [-0.1, -0.05) is 22.0 Å². The SMILES string of the molecule is O=C1COc2ccc(CBr)cc2N1. The molecule has 1 aromatic carbocycles. The second-order valence-corrected chi connectivity index (χ2v) is 3.36. The fourth-order valence-electron chi connectivity index (χ4n) is 1.21. The molecule has 1 aromatic rings. The number of anilines is 1. The number of ether oxygens (including phenoxy) is 1. The molecule has 0 unspecified atom stereocenters. The molecule has 1 aliphatic heterocycles. The van der Waals surface area contributed by atoms with Gasteiger partial charge in [0, 0.05) is 5.33 Å². The van der Waals surface area contributed by atoms with Gasteiger partial charge in [0.25, 0.3) is 5.91 Å². The quantitative estimate of drug-likeness (QED) is 0.764. The van der Waals surface area contributed by atoms with Gasteiger partial charge in [-0.2, -0.15) is 0 Å². The van der Waals surface area contributed by atoms with Crippen molar-refractivity contribution in [2.24, 2.45) is 0 Å². The van der Waals surface area contributed by atoms with Crippen molar-refractivity contribution in [1.82, 2.24) is 0 Å². The standard InChI is InChI=1S/C9H8BrNO2/c10-4-6-1-2-8-7(3-6)11-9(12)5-13-8/h1-3H,4-5H2,(H,11,12). The summed E-state index contributed by atoms with van der Waals surface area (Å²) < 4.78 is 5.21. The van der Waals surface area contributed by atoms with E-state index < -0.39 is 0 Å². The van der Waals surface area contributed by atoms with Gasteiger partial charge < -0.3 is 10.1 Å². The molecule has 0 spiro atoms. The van der Waals surface area contributed by atoms with Crippen molar-refractivity contribution in [2.45, 2.75) is 5.33 Å². The van der Waals surface area contributed by atoms with Gasteiger partial charge in [0.05, 0.1) is 5.69 Å². The van der Waals surface area contributed by atoms with E-state index in [1.54, 1.807) is 0 Å². The number of carbonyl (C=O) groups is 1. The Balaban J connectivity index is 2.38. The van der Waals surface area contributed by atoms with Gasteiger partial charge in [0.1, 0.15) is 5.75 Å².